The molecule has 0 radical (unpaired) electrons. The molecule has 1 amide bonds. The number of hydrogen-bond acceptors (Lipinski definition) is 2. The number of nitrogens with zero attached hydrogens (tertiary/aromatic N) is 1. The molecule has 0 heterocycles. The molecule has 0 saturated heterocycles. The van der Waals surface area contributed by atoms with Crippen LogP contribution in [0.15, 0.2) is 12.2 Å². The number of allylic oxidation sites excluding steroid dienone is 1. The number of rotatable bonds is 2. The van der Waals surface area contributed by atoms with E-state index in [4.69, 9.17) is 0 Å². The Morgan fingerprint density at radius 1 is 1.30 bits per heavy atom. The Morgan fingerprint density at radius 3 is 2.45 bits per heavy atom. The second kappa shape index (κ2) is 8.91. The normalized spacial score (nSPS) is 8.85. The third kappa shape index (κ3) is 9.89. The van der Waals surface area contributed by atoms with Crippen molar-refractivity contribution in [2.24, 2.45) is 0 Å². The van der Waals surface area contributed by atoms with Gasteiger partial charge in [0, 0.05) is 24.9 Å². The Labute approximate surface area is 123 Å². The largest absolute Gasteiger partial charge is 0.452 e. The van der Waals surface area contributed by atoms with E-state index >= 15 is 0 Å². The van der Waals surface area contributed by atoms with Crippen LogP contribution in [0.3, 0.4) is 0 Å². The first-order valence-electron chi connectivity index (χ1n) is 6.29. The van der Waals surface area contributed by atoms with E-state index in [9.17, 15) is 4.79 Å². The van der Waals surface area contributed by atoms with Crippen LogP contribution in [0.25, 0.3) is 0 Å². The molecule has 0 spiro atoms. The SMILES string of the molecule is C=C(C)C#CCCN(C#CC#C[Si](C)(C)C)C(=O)OC. The number of carbonyl (C=O) groups excluding carboxylic acids is 1. The molecule has 0 unspecified atom stereocenters. The van der Waals surface area contributed by atoms with Crippen LogP contribution in [0, 0.1) is 35.3 Å². The highest BCUT2D eigenvalue weighted by atomic mass is 28.3. The fourth-order valence-corrected chi connectivity index (χ4v) is 1.44. The van der Waals surface area contributed by atoms with E-state index in [0.717, 1.165) is 5.57 Å². The van der Waals surface area contributed by atoms with Crippen molar-refractivity contribution in [3.8, 4) is 35.3 Å². The van der Waals surface area contributed by atoms with Gasteiger partial charge in [-0.15, -0.1) is 5.54 Å². The van der Waals surface area contributed by atoms with Gasteiger partial charge in [-0.2, -0.15) is 0 Å². The maximum atomic E-state index is 11.5. The minimum atomic E-state index is -1.44. The van der Waals surface area contributed by atoms with Crippen molar-refractivity contribution >= 4 is 14.2 Å². The molecule has 106 valence electrons. The molecule has 0 aromatic heterocycles. The van der Waals surface area contributed by atoms with Crippen molar-refractivity contribution in [2.75, 3.05) is 13.7 Å². The van der Waals surface area contributed by atoms with Gasteiger partial charge in [0.2, 0.25) is 0 Å². The monoisotopic (exact) mass is 287 g/mol. The molecule has 0 bridgehead atoms. The van der Waals surface area contributed by atoms with E-state index in [1.165, 1.54) is 12.0 Å². The highest BCUT2D eigenvalue weighted by Gasteiger charge is 2.10. The van der Waals surface area contributed by atoms with E-state index < -0.39 is 14.2 Å². The van der Waals surface area contributed by atoms with Crippen molar-refractivity contribution < 1.29 is 9.53 Å². The molecule has 0 saturated carbocycles. The first-order valence-corrected chi connectivity index (χ1v) is 9.79. The average molecular weight is 287 g/mol. The maximum absolute atomic E-state index is 11.5. The van der Waals surface area contributed by atoms with Gasteiger partial charge >= 0.3 is 6.09 Å². The van der Waals surface area contributed by atoms with Crippen LogP contribution < -0.4 is 0 Å². The molecule has 0 N–H and O–H groups in total. The summed E-state index contributed by atoms with van der Waals surface area (Å²) < 4.78 is 4.67. The van der Waals surface area contributed by atoms with E-state index in [1.807, 2.05) is 6.92 Å². The predicted molar refractivity (Wildman–Crippen MR) is 85.2 cm³/mol. The first kappa shape index (κ1) is 17.9. The van der Waals surface area contributed by atoms with Gasteiger partial charge in [0.15, 0.2) is 0 Å². The van der Waals surface area contributed by atoms with Crippen LogP contribution in [0.5, 0.6) is 0 Å². The van der Waals surface area contributed by atoms with Crippen molar-refractivity contribution in [2.45, 2.75) is 33.0 Å². The summed E-state index contributed by atoms with van der Waals surface area (Å²) >= 11 is 0. The summed E-state index contributed by atoms with van der Waals surface area (Å²) in [6.45, 7) is 12.3. The zero-order valence-corrected chi connectivity index (χ0v) is 13.9. The third-order valence-electron chi connectivity index (χ3n) is 1.85. The van der Waals surface area contributed by atoms with E-state index in [1.54, 1.807) is 0 Å². The third-order valence-corrected chi connectivity index (χ3v) is 2.72. The quantitative estimate of drug-likeness (QED) is 0.444. The molecule has 0 aromatic rings. The van der Waals surface area contributed by atoms with Crippen LogP contribution in [0.4, 0.5) is 4.79 Å². The Bertz CT molecular complexity index is 539. The second-order valence-corrected chi connectivity index (χ2v) is 9.94. The molecular weight excluding hydrogens is 266 g/mol. The molecule has 3 nitrogen and oxygen atoms in total. The van der Waals surface area contributed by atoms with Gasteiger partial charge < -0.3 is 4.74 Å². The Morgan fingerprint density at radius 2 is 1.95 bits per heavy atom. The van der Waals surface area contributed by atoms with Crippen molar-refractivity contribution in [1.82, 2.24) is 4.90 Å². The standard InChI is InChI=1S/C16H21NO2Si/c1-15(2)11-7-8-12-17(16(18)19-3)13-9-10-14-20(4,5)6/h1,8,12H2,2-6H3. The molecular formula is C16H21NO2Si. The lowest BCUT2D eigenvalue weighted by molar-refractivity contribution is 0.143. The molecule has 0 aromatic carbocycles. The summed E-state index contributed by atoms with van der Waals surface area (Å²) in [7, 11) is -0.115. The van der Waals surface area contributed by atoms with Gasteiger partial charge in [-0.25, -0.2) is 9.69 Å². The predicted octanol–water partition coefficient (Wildman–Crippen LogP) is 2.87. The minimum absolute atomic E-state index is 0.384. The molecule has 0 aliphatic rings. The molecule has 0 aliphatic heterocycles. The fourth-order valence-electron chi connectivity index (χ4n) is 0.998. The summed E-state index contributed by atoms with van der Waals surface area (Å²) in [6.07, 6.45) is 0.0161. The van der Waals surface area contributed by atoms with Gasteiger partial charge in [-0.05, 0) is 18.4 Å². The van der Waals surface area contributed by atoms with Crippen LogP contribution in [0.1, 0.15) is 13.3 Å². The molecule has 0 aliphatic carbocycles. The smallest absolute Gasteiger partial charge is 0.421 e. The lowest BCUT2D eigenvalue weighted by Crippen LogP contribution is -2.27. The second-order valence-electron chi connectivity index (χ2n) is 5.19. The van der Waals surface area contributed by atoms with E-state index in [2.05, 4.69) is 66.2 Å². The molecule has 0 rings (SSSR count). The average Bonchev–Trinajstić information content (AvgIpc) is 2.34. The molecule has 0 atom stereocenters. The van der Waals surface area contributed by atoms with Crippen molar-refractivity contribution in [1.29, 1.82) is 0 Å². The topological polar surface area (TPSA) is 29.5 Å². The summed E-state index contributed by atoms with van der Waals surface area (Å²) in [5.74, 6) is 11.2. The minimum Gasteiger partial charge on any atom is -0.452 e. The van der Waals surface area contributed by atoms with Crippen molar-refractivity contribution in [3.05, 3.63) is 12.2 Å². The zero-order valence-electron chi connectivity index (χ0n) is 12.9. The summed E-state index contributed by atoms with van der Waals surface area (Å²) in [4.78, 5) is 12.8. The highest BCUT2D eigenvalue weighted by Crippen LogP contribution is 1.96. The van der Waals surface area contributed by atoms with Gasteiger partial charge in [0.1, 0.15) is 8.07 Å². The first-order chi connectivity index (χ1) is 9.26. The molecule has 20 heavy (non-hydrogen) atoms. The summed E-state index contributed by atoms with van der Waals surface area (Å²) in [6, 6.07) is 2.70. The van der Waals surface area contributed by atoms with Crippen LogP contribution in [-0.2, 0) is 4.74 Å². The lowest BCUT2D eigenvalue weighted by atomic mass is 10.3. The van der Waals surface area contributed by atoms with Crippen LogP contribution >= 0.6 is 0 Å². The van der Waals surface area contributed by atoms with E-state index in [0.29, 0.717) is 13.0 Å². The number of carbonyl (C=O) groups is 1. The number of hydrogen-bond donors (Lipinski definition) is 0. The Hall–Kier alpha value is -2.09. The van der Waals surface area contributed by atoms with Crippen LogP contribution in [-0.4, -0.2) is 32.7 Å². The maximum Gasteiger partial charge on any atom is 0.421 e. The fraction of sp³-hybridized carbons (Fsp3) is 0.438. The Kier molecular flexibility index (Phi) is 7.98. The van der Waals surface area contributed by atoms with Gasteiger partial charge in [0.25, 0.3) is 0 Å². The number of ether oxygens (including phenoxy) is 1. The molecule has 0 fully saturated rings. The lowest BCUT2D eigenvalue weighted by Gasteiger charge is -2.11. The van der Waals surface area contributed by atoms with Gasteiger partial charge in [-0.1, -0.05) is 38.1 Å². The van der Waals surface area contributed by atoms with E-state index in [-0.39, 0.29) is 0 Å². The van der Waals surface area contributed by atoms with Gasteiger partial charge in [-0.3, -0.25) is 0 Å². The highest BCUT2D eigenvalue weighted by molar-refractivity contribution is 6.83. The van der Waals surface area contributed by atoms with Gasteiger partial charge in [0.05, 0.1) is 7.11 Å². The molecule has 4 heteroatoms. The van der Waals surface area contributed by atoms with Crippen LogP contribution in [0.2, 0.25) is 19.6 Å². The zero-order chi connectivity index (χ0) is 15.6. The summed E-state index contributed by atoms with van der Waals surface area (Å²) in [5.41, 5.74) is 3.91. The van der Waals surface area contributed by atoms with Crippen molar-refractivity contribution in [3.63, 3.8) is 0 Å². The number of amides is 1. The summed E-state index contributed by atoms with van der Waals surface area (Å²) in [5, 5.41) is 0. The number of methoxy groups -OCH3 is 1. The Balaban J connectivity index is 4.72.